The number of benzene rings is 1. The molecular formula is C19H23ClN2O3S. The maximum Gasteiger partial charge on any atom is 0.410 e. The van der Waals surface area contributed by atoms with Crippen molar-refractivity contribution in [2.24, 2.45) is 0 Å². The van der Waals surface area contributed by atoms with Gasteiger partial charge in [-0.3, -0.25) is 4.79 Å². The van der Waals surface area contributed by atoms with Crippen LogP contribution >= 0.6 is 22.9 Å². The predicted molar refractivity (Wildman–Crippen MR) is 105 cm³/mol. The van der Waals surface area contributed by atoms with Gasteiger partial charge >= 0.3 is 6.09 Å². The van der Waals surface area contributed by atoms with E-state index in [1.165, 1.54) is 11.3 Å². The number of thiophene rings is 1. The molecule has 3 rings (SSSR count). The molecule has 0 aliphatic carbocycles. The van der Waals surface area contributed by atoms with Crippen LogP contribution in [0.3, 0.4) is 0 Å². The molecule has 2 heterocycles. The quantitative estimate of drug-likeness (QED) is 0.708. The fourth-order valence-corrected chi connectivity index (χ4v) is 4.40. The summed E-state index contributed by atoms with van der Waals surface area (Å²) in [6.07, 6.45) is 0.389. The molecule has 1 aliphatic rings. The van der Waals surface area contributed by atoms with Crippen LogP contribution in [0.2, 0.25) is 5.02 Å². The SMILES string of the molecule is CC(C)(C)OC(=O)N1CCCN(C(=O)c2sc3ccccc3c2Cl)CC1. The molecule has 0 spiro atoms. The lowest BCUT2D eigenvalue weighted by atomic mass is 10.2. The second kappa shape index (κ2) is 7.45. The number of rotatable bonds is 1. The summed E-state index contributed by atoms with van der Waals surface area (Å²) < 4.78 is 6.44. The molecule has 2 aromatic rings. The fourth-order valence-electron chi connectivity index (χ4n) is 2.92. The molecule has 0 saturated carbocycles. The maximum atomic E-state index is 13.0. The van der Waals surface area contributed by atoms with Crippen LogP contribution in [0.15, 0.2) is 24.3 Å². The summed E-state index contributed by atoms with van der Waals surface area (Å²) in [5.41, 5.74) is -0.524. The van der Waals surface area contributed by atoms with Gasteiger partial charge in [0.1, 0.15) is 10.5 Å². The number of fused-ring (bicyclic) bond motifs is 1. The molecule has 1 aliphatic heterocycles. The van der Waals surface area contributed by atoms with Gasteiger partial charge in [-0.1, -0.05) is 29.8 Å². The van der Waals surface area contributed by atoms with Crippen molar-refractivity contribution in [1.82, 2.24) is 9.80 Å². The Bertz CT molecular complexity index is 828. The average molecular weight is 395 g/mol. The van der Waals surface area contributed by atoms with E-state index in [0.29, 0.717) is 42.5 Å². The Hall–Kier alpha value is -1.79. The van der Waals surface area contributed by atoms with Gasteiger partial charge in [0.25, 0.3) is 5.91 Å². The first-order valence-corrected chi connectivity index (χ1v) is 9.90. The molecule has 5 nitrogen and oxygen atoms in total. The van der Waals surface area contributed by atoms with Gasteiger partial charge < -0.3 is 14.5 Å². The number of hydrogen-bond donors (Lipinski definition) is 0. The van der Waals surface area contributed by atoms with Crippen LogP contribution in [0.5, 0.6) is 0 Å². The zero-order chi connectivity index (χ0) is 18.9. The van der Waals surface area contributed by atoms with Crippen molar-refractivity contribution in [3.8, 4) is 0 Å². The Morgan fingerprint density at radius 1 is 1.08 bits per heavy atom. The lowest BCUT2D eigenvalue weighted by Gasteiger charge is -2.26. The van der Waals surface area contributed by atoms with Gasteiger partial charge in [-0.25, -0.2) is 4.79 Å². The molecule has 0 N–H and O–H groups in total. The molecule has 0 radical (unpaired) electrons. The number of nitrogens with zero attached hydrogens (tertiary/aromatic N) is 2. The van der Waals surface area contributed by atoms with E-state index < -0.39 is 5.60 Å². The highest BCUT2D eigenvalue weighted by Crippen LogP contribution is 2.36. The smallest absolute Gasteiger partial charge is 0.410 e. The summed E-state index contributed by atoms with van der Waals surface area (Å²) in [6.45, 7) is 7.67. The van der Waals surface area contributed by atoms with Gasteiger partial charge in [-0.15, -0.1) is 11.3 Å². The lowest BCUT2D eigenvalue weighted by molar-refractivity contribution is 0.0255. The number of carbonyl (C=O) groups is 2. The molecule has 1 aromatic heterocycles. The van der Waals surface area contributed by atoms with Crippen molar-refractivity contribution in [2.45, 2.75) is 32.8 Å². The largest absolute Gasteiger partial charge is 0.444 e. The van der Waals surface area contributed by atoms with E-state index in [1.807, 2.05) is 45.0 Å². The summed E-state index contributed by atoms with van der Waals surface area (Å²) in [7, 11) is 0. The van der Waals surface area contributed by atoms with Crippen LogP contribution in [0, 0.1) is 0 Å². The molecule has 1 saturated heterocycles. The molecule has 7 heteroatoms. The molecule has 0 bridgehead atoms. The highest BCUT2D eigenvalue weighted by atomic mass is 35.5. The van der Waals surface area contributed by atoms with Crippen molar-refractivity contribution in [1.29, 1.82) is 0 Å². The Balaban J connectivity index is 1.71. The van der Waals surface area contributed by atoms with Gasteiger partial charge in [0.15, 0.2) is 0 Å². The van der Waals surface area contributed by atoms with Crippen molar-refractivity contribution in [2.75, 3.05) is 26.2 Å². The third kappa shape index (κ3) is 4.13. The van der Waals surface area contributed by atoms with Crippen LogP contribution in [0.1, 0.15) is 36.9 Å². The molecule has 0 atom stereocenters. The Morgan fingerprint density at radius 2 is 1.73 bits per heavy atom. The minimum Gasteiger partial charge on any atom is -0.444 e. The summed E-state index contributed by atoms with van der Waals surface area (Å²) in [5, 5.41) is 1.43. The van der Waals surface area contributed by atoms with E-state index >= 15 is 0 Å². The highest BCUT2D eigenvalue weighted by molar-refractivity contribution is 7.21. The Labute approximate surface area is 162 Å². The number of ether oxygens (including phenoxy) is 1. The van der Waals surface area contributed by atoms with Crippen LogP contribution in [0.4, 0.5) is 4.79 Å². The number of carbonyl (C=O) groups excluding carboxylic acids is 2. The van der Waals surface area contributed by atoms with Crippen LogP contribution in [0.25, 0.3) is 10.1 Å². The van der Waals surface area contributed by atoms with Crippen molar-refractivity contribution >= 4 is 45.0 Å². The average Bonchev–Trinajstić information content (AvgIpc) is 2.76. The minimum absolute atomic E-state index is 0.0674. The molecule has 1 fully saturated rings. The van der Waals surface area contributed by atoms with Gasteiger partial charge in [0.05, 0.1) is 5.02 Å². The van der Waals surface area contributed by atoms with Gasteiger partial charge in [0, 0.05) is 36.3 Å². The molecule has 1 aromatic carbocycles. The van der Waals surface area contributed by atoms with E-state index in [0.717, 1.165) is 10.1 Å². The van der Waals surface area contributed by atoms with Crippen LogP contribution in [-0.2, 0) is 4.74 Å². The Kier molecular flexibility index (Phi) is 5.44. The lowest BCUT2D eigenvalue weighted by Crippen LogP contribution is -2.40. The van der Waals surface area contributed by atoms with E-state index in [9.17, 15) is 9.59 Å². The highest BCUT2D eigenvalue weighted by Gasteiger charge is 2.28. The molecule has 0 unspecified atom stereocenters. The first kappa shape index (κ1) is 19.0. The summed E-state index contributed by atoms with van der Waals surface area (Å²) in [4.78, 5) is 29.2. The summed E-state index contributed by atoms with van der Waals surface area (Å²) in [5.74, 6) is -0.0674. The van der Waals surface area contributed by atoms with Gasteiger partial charge in [-0.05, 0) is 33.3 Å². The van der Waals surface area contributed by atoms with Crippen molar-refractivity contribution < 1.29 is 14.3 Å². The molecular weight excluding hydrogens is 372 g/mol. The Morgan fingerprint density at radius 3 is 2.42 bits per heavy atom. The zero-order valence-electron chi connectivity index (χ0n) is 15.3. The minimum atomic E-state index is -0.524. The molecule has 2 amide bonds. The van der Waals surface area contributed by atoms with E-state index in [2.05, 4.69) is 0 Å². The van der Waals surface area contributed by atoms with Gasteiger partial charge in [0.2, 0.25) is 0 Å². The normalized spacial score (nSPS) is 15.8. The third-order valence-corrected chi connectivity index (χ3v) is 5.83. The van der Waals surface area contributed by atoms with Crippen LogP contribution in [-0.4, -0.2) is 53.6 Å². The van der Waals surface area contributed by atoms with Gasteiger partial charge in [-0.2, -0.15) is 0 Å². The van der Waals surface area contributed by atoms with E-state index in [1.54, 1.807) is 9.80 Å². The monoisotopic (exact) mass is 394 g/mol. The fraction of sp³-hybridized carbons (Fsp3) is 0.474. The second-order valence-corrected chi connectivity index (χ2v) is 8.78. The number of hydrogen-bond acceptors (Lipinski definition) is 4. The van der Waals surface area contributed by atoms with Crippen LogP contribution < -0.4 is 0 Å². The first-order valence-electron chi connectivity index (χ1n) is 8.70. The number of amides is 2. The summed E-state index contributed by atoms with van der Waals surface area (Å²) in [6, 6.07) is 7.75. The third-order valence-electron chi connectivity index (χ3n) is 4.16. The van der Waals surface area contributed by atoms with E-state index in [4.69, 9.17) is 16.3 Å². The standard InChI is InChI=1S/C19H23ClN2O3S/c1-19(2,3)25-18(24)22-10-6-9-21(11-12-22)17(23)16-15(20)13-7-4-5-8-14(13)26-16/h4-5,7-8H,6,9-12H2,1-3H3. The predicted octanol–water partition coefficient (Wildman–Crippen LogP) is 4.64. The molecule has 26 heavy (non-hydrogen) atoms. The van der Waals surface area contributed by atoms with Crippen molar-refractivity contribution in [3.63, 3.8) is 0 Å². The second-order valence-electron chi connectivity index (χ2n) is 7.35. The number of halogens is 1. The molecule has 140 valence electrons. The summed E-state index contributed by atoms with van der Waals surface area (Å²) >= 11 is 7.86. The topological polar surface area (TPSA) is 49.9 Å². The first-order chi connectivity index (χ1) is 12.3. The van der Waals surface area contributed by atoms with E-state index in [-0.39, 0.29) is 12.0 Å². The van der Waals surface area contributed by atoms with Crippen molar-refractivity contribution in [3.05, 3.63) is 34.2 Å². The zero-order valence-corrected chi connectivity index (χ0v) is 16.8. The maximum absolute atomic E-state index is 13.0.